The molecule has 1 unspecified atom stereocenters. The Morgan fingerprint density at radius 2 is 1.69 bits per heavy atom. The molecule has 3 atom stereocenters. The summed E-state index contributed by atoms with van der Waals surface area (Å²) in [6.07, 6.45) is -1.44. The highest BCUT2D eigenvalue weighted by atomic mass is 35.5. The van der Waals surface area contributed by atoms with Crippen LogP contribution in [0, 0.1) is 0 Å². The van der Waals surface area contributed by atoms with Gasteiger partial charge in [0.2, 0.25) is 21.8 Å². The van der Waals surface area contributed by atoms with Crippen molar-refractivity contribution in [2.24, 2.45) is 0 Å². The number of nitrogens with zero attached hydrogens (tertiary/aromatic N) is 3. The van der Waals surface area contributed by atoms with E-state index >= 15 is 0 Å². The van der Waals surface area contributed by atoms with Gasteiger partial charge in [0.15, 0.2) is 0 Å². The number of hydrogen-bond acceptors (Lipinski definition) is 5. The number of para-hydroxylation sites is 1. The Kier molecular flexibility index (Phi) is 8.33. The molecule has 2 aromatic carbocycles. The average molecular weight is 666 g/mol. The first-order valence-corrected chi connectivity index (χ1v) is 16.6. The van der Waals surface area contributed by atoms with Crippen LogP contribution in [-0.4, -0.2) is 90.1 Å². The zero-order valence-electron chi connectivity index (χ0n) is 24.0. The molecule has 240 valence electrons. The summed E-state index contributed by atoms with van der Waals surface area (Å²) < 4.78 is 67.2. The molecule has 3 aliphatic rings. The number of H-pyrrole nitrogens is 1. The molecule has 4 heterocycles. The number of rotatable bonds is 6. The van der Waals surface area contributed by atoms with Crippen molar-refractivity contribution < 1.29 is 36.0 Å². The number of alkyl halides is 3. The van der Waals surface area contributed by atoms with Crippen molar-refractivity contribution in [1.29, 1.82) is 0 Å². The second-order valence-electron chi connectivity index (χ2n) is 11.6. The van der Waals surface area contributed by atoms with Crippen molar-refractivity contribution in [1.82, 2.24) is 24.4 Å². The summed E-state index contributed by atoms with van der Waals surface area (Å²) in [5.74, 6) is -0.971. The lowest BCUT2D eigenvalue weighted by Crippen LogP contribution is -2.73. The van der Waals surface area contributed by atoms with Crippen LogP contribution in [0.15, 0.2) is 53.4 Å². The van der Waals surface area contributed by atoms with Gasteiger partial charge in [-0.1, -0.05) is 29.8 Å². The number of piperidine rings is 2. The van der Waals surface area contributed by atoms with Crippen LogP contribution in [0.5, 0.6) is 0 Å². The van der Waals surface area contributed by atoms with Crippen LogP contribution in [0.3, 0.4) is 0 Å². The van der Waals surface area contributed by atoms with Crippen molar-refractivity contribution >= 4 is 50.2 Å². The topological polar surface area (TPSA) is 123 Å². The van der Waals surface area contributed by atoms with Crippen molar-refractivity contribution in [2.75, 3.05) is 26.2 Å². The van der Waals surface area contributed by atoms with Gasteiger partial charge in [-0.3, -0.25) is 14.4 Å². The minimum atomic E-state index is -4.78. The third-order valence-corrected chi connectivity index (χ3v) is 10.8. The maximum Gasteiger partial charge on any atom is 0.416 e. The van der Waals surface area contributed by atoms with Crippen LogP contribution in [0.1, 0.15) is 48.2 Å². The van der Waals surface area contributed by atoms with E-state index in [9.17, 15) is 36.0 Å². The minimum Gasteiger partial charge on any atom is -0.351 e. The van der Waals surface area contributed by atoms with E-state index < -0.39 is 50.2 Å². The molecule has 15 heteroatoms. The normalized spacial score (nSPS) is 22.2. The van der Waals surface area contributed by atoms with E-state index in [1.54, 1.807) is 15.9 Å². The Morgan fingerprint density at radius 1 is 0.933 bits per heavy atom. The fourth-order valence-electron chi connectivity index (χ4n) is 6.57. The Bertz CT molecular complexity index is 1730. The van der Waals surface area contributed by atoms with Crippen LogP contribution in [0.25, 0.3) is 10.9 Å². The van der Waals surface area contributed by atoms with Crippen molar-refractivity contribution in [2.45, 2.75) is 61.3 Å². The van der Waals surface area contributed by atoms with E-state index in [1.807, 2.05) is 24.3 Å². The fourth-order valence-corrected chi connectivity index (χ4v) is 8.07. The van der Waals surface area contributed by atoms with Gasteiger partial charge in [-0.05, 0) is 62.4 Å². The third-order valence-electron chi connectivity index (χ3n) is 8.90. The molecule has 10 nitrogen and oxygen atoms in total. The van der Waals surface area contributed by atoms with Crippen molar-refractivity contribution in [3.63, 3.8) is 0 Å². The lowest BCUT2D eigenvalue weighted by Gasteiger charge is -2.56. The van der Waals surface area contributed by atoms with E-state index in [2.05, 4.69) is 9.71 Å². The number of benzene rings is 2. The Morgan fingerprint density at radius 3 is 2.44 bits per heavy atom. The summed E-state index contributed by atoms with van der Waals surface area (Å²) in [5.41, 5.74) is 0.0652. The maximum absolute atomic E-state index is 13.8. The van der Waals surface area contributed by atoms with Gasteiger partial charge in [0.05, 0.1) is 29.2 Å². The van der Waals surface area contributed by atoms with Crippen molar-refractivity contribution in [3.8, 4) is 0 Å². The zero-order valence-corrected chi connectivity index (χ0v) is 25.6. The molecule has 2 N–H and O–H groups in total. The van der Waals surface area contributed by atoms with Crippen LogP contribution in [0.2, 0.25) is 5.02 Å². The zero-order chi connectivity index (χ0) is 32.1. The number of hydrogen-bond donors (Lipinski definition) is 2. The molecule has 3 saturated heterocycles. The predicted octanol–water partition coefficient (Wildman–Crippen LogP) is 4.02. The van der Waals surface area contributed by atoms with Crippen LogP contribution in [0.4, 0.5) is 13.2 Å². The standard InChI is InChI=1S/C30H31ClF3N5O5S/c31-20-11-10-19(30(32,33)34)15-26(20)45(43,44)35-16-27(40)37-13-5-9-23-25(37)17-39(23)29(42)24-8-3-4-12-38(24)28(41)22-14-18-6-1-2-7-21(18)36-22/h1-2,6-7,10-11,14-15,23-25,35-36H,3-5,8-9,12-13,16-17H2/t23?,24-,25+/m0/s1. The summed E-state index contributed by atoms with van der Waals surface area (Å²) >= 11 is 5.89. The van der Waals surface area contributed by atoms with E-state index in [0.29, 0.717) is 50.2 Å². The number of aromatic amines is 1. The number of carbonyl (C=O) groups excluding carboxylic acids is 3. The third kappa shape index (κ3) is 6.02. The molecule has 3 aliphatic heterocycles. The first-order valence-electron chi connectivity index (χ1n) is 14.7. The SMILES string of the molecule is O=C([C@@H]1CCCCN1C(=O)c1cc2ccccc2[nH]1)N1C[C@@H]2C1CCCN2C(=O)CNS(=O)(=O)c1cc(C(F)(F)F)ccc1Cl. The minimum absolute atomic E-state index is 0.172. The summed E-state index contributed by atoms with van der Waals surface area (Å²) in [6.45, 7) is 0.365. The number of halogens is 4. The summed E-state index contributed by atoms with van der Waals surface area (Å²) in [4.78, 5) is 47.7. The lowest BCUT2D eigenvalue weighted by atomic mass is 9.85. The van der Waals surface area contributed by atoms with Gasteiger partial charge in [0.25, 0.3) is 5.91 Å². The Hall–Kier alpha value is -3.62. The fraction of sp³-hybridized carbons (Fsp3) is 0.433. The number of likely N-dealkylation sites (tertiary alicyclic amines) is 3. The molecule has 3 amide bonds. The first-order chi connectivity index (χ1) is 21.3. The number of sulfonamides is 1. The van der Waals surface area contributed by atoms with E-state index in [4.69, 9.17) is 11.6 Å². The number of carbonyl (C=O) groups is 3. The summed E-state index contributed by atoms with van der Waals surface area (Å²) in [7, 11) is -4.54. The molecule has 0 spiro atoms. The average Bonchev–Trinajstić information content (AvgIpc) is 3.44. The second kappa shape index (κ2) is 12.0. The highest BCUT2D eigenvalue weighted by Crippen LogP contribution is 2.35. The van der Waals surface area contributed by atoms with Crippen LogP contribution in [-0.2, 0) is 25.8 Å². The molecule has 1 aromatic heterocycles. The Balaban J connectivity index is 1.10. The molecular weight excluding hydrogens is 635 g/mol. The number of nitrogens with one attached hydrogen (secondary N) is 2. The number of amides is 3. The van der Waals surface area contributed by atoms with Gasteiger partial charge in [-0.15, -0.1) is 0 Å². The van der Waals surface area contributed by atoms with Crippen LogP contribution >= 0.6 is 11.6 Å². The van der Waals surface area contributed by atoms with Gasteiger partial charge < -0.3 is 19.7 Å². The van der Waals surface area contributed by atoms with E-state index in [0.717, 1.165) is 29.8 Å². The molecule has 0 radical (unpaired) electrons. The molecule has 0 aliphatic carbocycles. The smallest absolute Gasteiger partial charge is 0.351 e. The highest BCUT2D eigenvalue weighted by molar-refractivity contribution is 7.89. The van der Waals surface area contributed by atoms with Gasteiger partial charge in [0, 0.05) is 30.5 Å². The largest absolute Gasteiger partial charge is 0.416 e. The number of fused-ring (bicyclic) bond motifs is 2. The molecule has 0 saturated carbocycles. The van der Waals surface area contributed by atoms with Gasteiger partial charge >= 0.3 is 6.18 Å². The molecule has 6 rings (SSSR count). The van der Waals surface area contributed by atoms with Crippen LogP contribution < -0.4 is 4.72 Å². The quantitative estimate of drug-likeness (QED) is 0.412. The molecular formula is C30H31ClF3N5O5S. The van der Waals surface area contributed by atoms with E-state index in [-0.39, 0.29) is 30.4 Å². The lowest BCUT2D eigenvalue weighted by molar-refractivity contribution is -0.162. The van der Waals surface area contributed by atoms with Gasteiger partial charge in [0.1, 0.15) is 16.6 Å². The van der Waals surface area contributed by atoms with E-state index in [1.165, 1.54) is 4.90 Å². The summed E-state index contributed by atoms with van der Waals surface area (Å²) in [5, 5.41) is 0.493. The number of aromatic nitrogens is 1. The summed E-state index contributed by atoms with van der Waals surface area (Å²) in [6, 6.07) is 10.0. The molecule has 3 fully saturated rings. The van der Waals surface area contributed by atoms with Crippen molar-refractivity contribution in [3.05, 3.63) is 64.8 Å². The molecule has 0 bridgehead atoms. The Labute approximate surface area is 262 Å². The maximum atomic E-state index is 13.8. The molecule has 45 heavy (non-hydrogen) atoms. The second-order valence-corrected chi connectivity index (χ2v) is 13.7. The van der Waals surface area contributed by atoms with Gasteiger partial charge in [-0.2, -0.15) is 13.2 Å². The predicted molar refractivity (Wildman–Crippen MR) is 159 cm³/mol. The first kappa shape index (κ1) is 31.4. The highest BCUT2D eigenvalue weighted by Gasteiger charge is 2.50. The van der Waals surface area contributed by atoms with Gasteiger partial charge in [-0.25, -0.2) is 13.1 Å². The monoisotopic (exact) mass is 665 g/mol. The molecule has 3 aromatic rings.